The van der Waals surface area contributed by atoms with Crippen LogP contribution in [0.3, 0.4) is 0 Å². The van der Waals surface area contributed by atoms with Crippen LogP contribution in [0.4, 0.5) is 15.9 Å². The number of nitrogens with zero attached hydrogens (tertiary/aromatic N) is 2. The molecule has 0 radical (unpaired) electrons. The molecular formula is C21H22ClFN4S. The van der Waals surface area contributed by atoms with Gasteiger partial charge in [0.15, 0.2) is 10.9 Å². The van der Waals surface area contributed by atoms with Crippen LogP contribution in [0.15, 0.2) is 54.7 Å². The lowest BCUT2D eigenvalue weighted by Crippen LogP contribution is -2.19. The summed E-state index contributed by atoms with van der Waals surface area (Å²) in [5.41, 5.74) is 2.61. The number of nitrogens with one attached hydrogen (secondary N) is 2. The van der Waals surface area contributed by atoms with E-state index in [1.54, 1.807) is 29.1 Å². The van der Waals surface area contributed by atoms with Crippen molar-refractivity contribution in [2.24, 2.45) is 0 Å². The normalized spacial score (nSPS) is 11.9. The van der Waals surface area contributed by atoms with Crippen LogP contribution in [0.5, 0.6) is 0 Å². The first-order chi connectivity index (χ1) is 13.5. The van der Waals surface area contributed by atoms with E-state index in [1.807, 2.05) is 12.1 Å². The Labute approximate surface area is 174 Å². The van der Waals surface area contributed by atoms with E-state index in [9.17, 15) is 4.39 Å². The van der Waals surface area contributed by atoms with Crippen molar-refractivity contribution >= 4 is 40.4 Å². The van der Waals surface area contributed by atoms with Crippen LogP contribution in [0.2, 0.25) is 5.02 Å². The monoisotopic (exact) mass is 416 g/mol. The fourth-order valence-corrected chi connectivity index (χ4v) is 3.22. The lowest BCUT2D eigenvalue weighted by molar-refractivity contribution is 0.586. The predicted octanol–water partition coefficient (Wildman–Crippen LogP) is 6.05. The number of halogens is 2. The largest absolute Gasteiger partial charge is 0.332 e. The average Bonchev–Trinajstić information content (AvgIpc) is 3.11. The summed E-state index contributed by atoms with van der Waals surface area (Å²) in [6.07, 6.45) is 2.85. The number of aromatic nitrogens is 2. The Morgan fingerprint density at radius 2 is 1.93 bits per heavy atom. The number of thiocarbonyl (C=S) groups is 1. The minimum atomic E-state index is -0.351. The highest BCUT2D eigenvalue weighted by molar-refractivity contribution is 7.80. The van der Waals surface area contributed by atoms with Gasteiger partial charge >= 0.3 is 0 Å². The van der Waals surface area contributed by atoms with Gasteiger partial charge in [-0.25, -0.2) is 4.39 Å². The van der Waals surface area contributed by atoms with Gasteiger partial charge in [0, 0.05) is 28.5 Å². The molecule has 0 fully saturated rings. The highest BCUT2D eigenvalue weighted by Gasteiger charge is 2.09. The van der Waals surface area contributed by atoms with E-state index in [0.29, 0.717) is 27.4 Å². The molecule has 3 rings (SSSR count). The summed E-state index contributed by atoms with van der Waals surface area (Å²) in [6.45, 7) is 4.62. The Balaban J connectivity index is 1.59. The fraction of sp³-hybridized carbons (Fsp3) is 0.238. The topological polar surface area (TPSA) is 41.9 Å². The lowest BCUT2D eigenvalue weighted by Gasteiger charge is -2.12. The Hall–Kier alpha value is -2.44. The molecule has 4 nitrogen and oxygen atoms in total. The first-order valence-electron chi connectivity index (χ1n) is 9.10. The van der Waals surface area contributed by atoms with Crippen molar-refractivity contribution in [3.8, 4) is 0 Å². The van der Waals surface area contributed by atoms with Crippen molar-refractivity contribution in [2.75, 3.05) is 10.6 Å². The second-order valence-electron chi connectivity index (χ2n) is 6.61. The van der Waals surface area contributed by atoms with Gasteiger partial charge in [0.1, 0.15) is 5.82 Å². The van der Waals surface area contributed by atoms with Crippen LogP contribution in [0.1, 0.15) is 37.3 Å². The standard InChI is InChI=1S/C21H22ClFN4S/c1-3-14(2)15-7-9-16(10-8-15)24-21(28)25-20-11-12-27(26-20)13-17-18(22)5-4-6-19(17)23/h4-12,14H,3,13H2,1-2H3,(H2,24,25,26,28). The summed E-state index contributed by atoms with van der Waals surface area (Å²) in [5, 5.41) is 11.4. The second-order valence-corrected chi connectivity index (χ2v) is 7.42. The maximum Gasteiger partial charge on any atom is 0.176 e. The molecule has 0 aliphatic rings. The Bertz CT molecular complexity index is 935. The van der Waals surface area contributed by atoms with Gasteiger partial charge in [-0.05, 0) is 54.4 Å². The summed E-state index contributed by atoms with van der Waals surface area (Å²) < 4.78 is 15.5. The first kappa shape index (κ1) is 20.3. The van der Waals surface area contributed by atoms with Gasteiger partial charge in [-0.3, -0.25) is 4.68 Å². The molecule has 7 heteroatoms. The van der Waals surface area contributed by atoms with E-state index < -0.39 is 0 Å². The molecule has 28 heavy (non-hydrogen) atoms. The van der Waals surface area contributed by atoms with Crippen LogP contribution in [-0.2, 0) is 6.54 Å². The number of hydrogen-bond acceptors (Lipinski definition) is 2. The summed E-state index contributed by atoms with van der Waals surface area (Å²) in [6, 6.07) is 14.6. The molecular weight excluding hydrogens is 395 g/mol. The smallest absolute Gasteiger partial charge is 0.176 e. The van der Waals surface area contributed by atoms with E-state index in [-0.39, 0.29) is 12.4 Å². The molecule has 0 amide bonds. The number of hydrogen-bond donors (Lipinski definition) is 2. The van der Waals surface area contributed by atoms with E-state index in [1.165, 1.54) is 11.6 Å². The van der Waals surface area contributed by atoms with Gasteiger partial charge < -0.3 is 10.6 Å². The van der Waals surface area contributed by atoms with Gasteiger partial charge in [-0.1, -0.05) is 43.6 Å². The van der Waals surface area contributed by atoms with Gasteiger partial charge in [-0.15, -0.1) is 0 Å². The van der Waals surface area contributed by atoms with Crippen molar-refractivity contribution in [1.29, 1.82) is 0 Å². The number of rotatable bonds is 6. The molecule has 1 unspecified atom stereocenters. The van der Waals surface area contributed by atoms with Crippen molar-refractivity contribution in [3.05, 3.63) is 76.7 Å². The maximum absolute atomic E-state index is 13.9. The third-order valence-electron chi connectivity index (χ3n) is 4.61. The molecule has 0 saturated heterocycles. The van der Waals surface area contributed by atoms with E-state index >= 15 is 0 Å². The molecule has 1 atom stereocenters. The van der Waals surface area contributed by atoms with Crippen molar-refractivity contribution in [2.45, 2.75) is 32.7 Å². The first-order valence-corrected chi connectivity index (χ1v) is 9.89. The summed E-state index contributed by atoms with van der Waals surface area (Å²) in [7, 11) is 0. The van der Waals surface area contributed by atoms with E-state index in [4.69, 9.17) is 23.8 Å². The second kappa shape index (κ2) is 9.17. The molecule has 0 bridgehead atoms. The van der Waals surface area contributed by atoms with Crippen molar-refractivity contribution < 1.29 is 4.39 Å². The molecule has 2 N–H and O–H groups in total. The quantitative estimate of drug-likeness (QED) is 0.480. The maximum atomic E-state index is 13.9. The SMILES string of the molecule is CCC(C)c1ccc(NC(=S)Nc2ccn(Cc3c(F)cccc3Cl)n2)cc1. The highest BCUT2D eigenvalue weighted by atomic mass is 35.5. The van der Waals surface area contributed by atoms with Crippen LogP contribution in [0, 0.1) is 5.82 Å². The number of anilines is 2. The van der Waals surface area contributed by atoms with Gasteiger partial charge in [0.05, 0.1) is 6.54 Å². The zero-order valence-electron chi connectivity index (χ0n) is 15.7. The molecule has 0 saturated carbocycles. The molecule has 146 valence electrons. The lowest BCUT2D eigenvalue weighted by atomic mass is 9.99. The average molecular weight is 417 g/mol. The van der Waals surface area contributed by atoms with Gasteiger partial charge in [-0.2, -0.15) is 5.10 Å². The summed E-state index contributed by atoms with van der Waals surface area (Å²) >= 11 is 11.4. The molecule has 2 aromatic carbocycles. The zero-order valence-corrected chi connectivity index (χ0v) is 17.3. The summed E-state index contributed by atoms with van der Waals surface area (Å²) in [5.74, 6) is 0.753. The van der Waals surface area contributed by atoms with Crippen molar-refractivity contribution in [3.63, 3.8) is 0 Å². The molecule has 1 heterocycles. The highest BCUT2D eigenvalue weighted by Crippen LogP contribution is 2.21. The molecule has 0 aliphatic heterocycles. The van der Waals surface area contributed by atoms with Crippen LogP contribution in [0.25, 0.3) is 0 Å². The number of benzene rings is 2. The van der Waals surface area contributed by atoms with E-state index in [0.717, 1.165) is 12.1 Å². The molecule has 0 aliphatic carbocycles. The molecule has 3 aromatic rings. The third kappa shape index (κ3) is 5.09. The minimum Gasteiger partial charge on any atom is -0.332 e. The molecule has 0 spiro atoms. The van der Waals surface area contributed by atoms with Crippen LogP contribution < -0.4 is 10.6 Å². The Morgan fingerprint density at radius 1 is 1.18 bits per heavy atom. The third-order valence-corrected chi connectivity index (χ3v) is 5.17. The van der Waals surface area contributed by atoms with Crippen molar-refractivity contribution in [1.82, 2.24) is 9.78 Å². The van der Waals surface area contributed by atoms with Crippen LogP contribution in [-0.4, -0.2) is 14.9 Å². The Kier molecular flexibility index (Phi) is 6.65. The van der Waals surface area contributed by atoms with Crippen LogP contribution >= 0.6 is 23.8 Å². The summed E-state index contributed by atoms with van der Waals surface area (Å²) in [4.78, 5) is 0. The minimum absolute atomic E-state index is 0.241. The fourth-order valence-electron chi connectivity index (χ4n) is 2.77. The van der Waals surface area contributed by atoms with Gasteiger partial charge in [0.2, 0.25) is 0 Å². The van der Waals surface area contributed by atoms with E-state index in [2.05, 4.69) is 41.7 Å². The molecule has 1 aromatic heterocycles. The predicted molar refractivity (Wildman–Crippen MR) is 118 cm³/mol. The zero-order chi connectivity index (χ0) is 20.1. The Morgan fingerprint density at radius 3 is 2.61 bits per heavy atom. The van der Waals surface area contributed by atoms with Gasteiger partial charge in [0.25, 0.3) is 0 Å².